The minimum Gasteiger partial charge on any atom is -0.492 e. The Kier molecular flexibility index (Phi) is 8.19. The van der Waals surface area contributed by atoms with Crippen LogP contribution in [0, 0.1) is 6.92 Å². The standard InChI is InChI=1S/C27H30N2O6S2/c1-4-35-22-11-7-6-10-21(22)29(37(32,33)19-15-13-18(2)14-16-19)17-24(30)28-26-25(27(31)34-3)20-9-5-8-12-23(20)36-26/h6-7,10-11,13-16H,4-5,8-9,12,17H2,1-3H3,(H,28,30). The van der Waals surface area contributed by atoms with Crippen LogP contribution in [0.15, 0.2) is 53.4 Å². The van der Waals surface area contributed by atoms with Gasteiger partial charge in [-0.25, -0.2) is 13.2 Å². The Balaban J connectivity index is 1.71. The fourth-order valence-electron chi connectivity index (χ4n) is 4.35. The van der Waals surface area contributed by atoms with Crippen molar-refractivity contribution in [1.29, 1.82) is 0 Å². The molecule has 1 heterocycles. The fraction of sp³-hybridized carbons (Fsp3) is 0.333. The van der Waals surface area contributed by atoms with Crippen molar-refractivity contribution in [2.75, 3.05) is 29.9 Å². The van der Waals surface area contributed by atoms with E-state index in [1.807, 2.05) is 6.92 Å². The van der Waals surface area contributed by atoms with Gasteiger partial charge in [0, 0.05) is 4.88 Å². The summed E-state index contributed by atoms with van der Waals surface area (Å²) in [4.78, 5) is 27.1. The van der Waals surface area contributed by atoms with Gasteiger partial charge in [0.1, 0.15) is 17.3 Å². The van der Waals surface area contributed by atoms with E-state index in [9.17, 15) is 18.0 Å². The molecule has 0 fully saturated rings. The molecule has 0 spiro atoms. The van der Waals surface area contributed by atoms with E-state index in [0.717, 1.165) is 46.0 Å². The van der Waals surface area contributed by atoms with Gasteiger partial charge < -0.3 is 14.8 Å². The zero-order valence-electron chi connectivity index (χ0n) is 21.1. The Hall–Kier alpha value is -3.37. The molecule has 8 nitrogen and oxygen atoms in total. The predicted molar refractivity (Wildman–Crippen MR) is 144 cm³/mol. The first-order chi connectivity index (χ1) is 17.8. The lowest BCUT2D eigenvalue weighted by Crippen LogP contribution is -2.38. The van der Waals surface area contributed by atoms with Gasteiger partial charge in [-0.15, -0.1) is 11.3 Å². The highest BCUT2D eigenvalue weighted by molar-refractivity contribution is 7.92. The van der Waals surface area contributed by atoms with E-state index in [2.05, 4.69) is 5.32 Å². The van der Waals surface area contributed by atoms with Crippen LogP contribution in [0.1, 0.15) is 46.1 Å². The van der Waals surface area contributed by atoms with E-state index < -0.39 is 28.4 Å². The first-order valence-corrected chi connectivity index (χ1v) is 14.4. The van der Waals surface area contributed by atoms with Crippen molar-refractivity contribution in [3.8, 4) is 5.75 Å². The Bertz CT molecular complexity index is 1400. The predicted octanol–water partition coefficient (Wildman–Crippen LogP) is 4.95. The van der Waals surface area contributed by atoms with E-state index in [0.29, 0.717) is 22.9 Å². The highest BCUT2D eigenvalue weighted by atomic mass is 32.2. The lowest BCUT2D eigenvalue weighted by atomic mass is 9.95. The van der Waals surface area contributed by atoms with Crippen LogP contribution in [0.25, 0.3) is 0 Å². The van der Waals surface area contributed by atoms with Gasteiger partial charge in [-0.1, -0.05) is 29.8 Å². The normalized spacial score (nSPS) is 12.9. The Morgan fingerprint density at radius 3 is 2.46 bits per heavy atom. The molecule has 0 unspecified atom stereocenters. The van der Waals surface area contributed by atoms with Crippen molar-refractivity contribution >= 4 is 43.9 Å². The second kappa shape index (κ2) is 11.4. The van der Waals surface area contributed by atoms with Crippen LogP contribution >= 0.6 is 11.3 Å². The molecule has 0 radical (unpaired) electrons. The number of thiophene rings is 1. The summed E-state index contributed by atoms with van der Waals surface area (Å²) in [5.41, 5.74) is 2.43. The average Bonchev–Trinajstić information content (AvgIpc) is 3.25. The number of rotatable bonds is 9. The van der Waals surface area contributed by atoms with E-state index in [1.54, 1.807) is 43.3 Å². The fourth-order valence-corrected chi connectivity index (χ4v) is 7.07. The van der Waals surface area contributed by atoms with Crippen molar-refractivity contribution in [1.82, 2.24) is 0 Å². The van der Waals surface area contributed by atoms with Gasteiger partial charge >= 0.3 is 5.97 Å². The number of nitrogens with zero attached hydrogens (tertiary/aromatic N) is 1. The van der Waals surface area contributed by atoms with E-state index in [1.165, 1.54) is 30.6 Å². The van der Waals surface area contributed by atoms with Crippen LogP contribution in [0.3, 0.4) is 0 Å². The number of esters is 1. The van der Waals surface area contributed by atoms with E-state index in [4.69, 9.17) is 9.47 Å². The van der Waals surface area contributed by atoms with Crippen LogP contribution in [0.2, 0.25) is 0 Å². The van der Waals surface area contributed by atoms with Crippen LogP contribution in [0.5, 0.6) is 5.75 Å². The maximum absolute atomic E-state index is 13.8. The number of carbonyl (C=O) groups excluding carboxylic acids is 2. The zero-order chi connectivity index (χ0) is 26.6. The molecule has 1 aliphatic rings. The van der Waals surface area contributed by atoms with Crippen molar-refractivity contribution in [2.45, 2.75) is 44.4 Å². The number of ether oxygens (including phenoxy) is 2. The smallest absolute Gasteiger partial charge is 0.341 e. The second-order valence-electron chi connectivity index (χ2n) is 8.68. The van der Waals surface area contributed by atoms with Crippen molar-refractivity contribution in [3.05, 3.63) is 70.1 Å². The van der Waals surface area contributed by atoms with Crippen molar-refractivity contribution in [2.24, 2.45) is 0 Å². The molecule has 0 saturated carbocycles. The number of benzene rings is 2. The maximum Gasteiger partial charge on any atom is 0.341 e. The van der Waals surface area contributed by atoms with Crippen molar-refractivity contribution in [3.63, 3.8) is 0 Å². The van der Waals surface area contributed by atoms with Gasteiger partial charge in [0.15, 0.2) is 0 Å². The van der Waals surface area contributed by atoms with Gasteiger partial charge in [-0.3, -0.25) is 9.10 Å². The minimum absolute atomic E-state index is 0.0547. The third-order valence-corrected chi connectivity index (χ3v) is 9.12. The SMILES string of the molecule is CCOc1ccccc1N(CC(=O)Nc1sc2c(c1C(=O)OC)CCCC2)S(=O)(=O)c1ccc(C)cc1. The molecule has 196 valence electrons. The third-order valence-electron chi connectivity index (χ3n) is 6.14. The average molecular weight is 543 g/mol. The summed E-state index contributed by atoms with van der Waals surface area (Å²) in [5, 5.41) is 3.18. The molecule has 0 bridgehead atoms. The number of amides is 1. The molecule has 2 aromatic carbocycles. The molecule has 10 heteroatoms. The topological polar surface area (TPSA) is 102 Å². The van der Waals surface area contributed by atoms with Crippen LogP contribution in [0.4, 0.5) is 10.7 Å². The molecule has 1 N–H and O–H groups in total. The quantitative estimate of drug-likeness (QED) is 0.384. The monoisotopic (exact) mass is 542 g/mol. The number of hydrogen-bond donors (Lipinski definition) is 1. The summed E-state index contributed by atoms with van der Waals surface area (Å²) < 4.78 is 39.3. The number of anilines is 2. The largest absolute Gasteiger partial charge is 0.492 e. The first kappa shape index (κ1) is 26.7. The number of methoxy groups -OCH3 is 1. The number of hydrogen-bond acceptors (Lipinski definition) is 7. The van der Waals surface area contributed by atoms with Gasteiger partial charge in [0.05, 0.1) is 29.9 Å². The van der Waals surface area contributed by atoms with E-state index in [-0.39, 0.29) is 10.6 Å². The summed E-state index contributed by atoms with van der Waals surface area (Å²) in [6.07, 6.45) is 3.54. The summed E-state index contributed by atoms with van der Waals surface area (Å²) in [7, 11) is -2.82. The second-order valence-corrected chi connectivity index (χ2v) is 11.6. The third kappa shape index (κ3) is 5.65. The maximum atomic E-state index is 13.8. The molecule has 37 heavy (non-hydrogen) atoms. The lowest BCUT2D eigenvalue weighted by molar-refractivity contribution is -0.114. The molecule has 0 atom stereocenters. The summed E-state index contributed by atoms with van der Waals surface area (Å²) >= 11 is 1.35. The Morgan fingerprint density at radius 2 is 1.76 bits per heavy atom. The number of fused-ring (bicyclic) bond motifs is 1. The summed E-state index contributed by atoms with van der Waals surface area (Å²) in [5.74, 6) is -0.749. The Morgan fingerprint density at radius 1 is 1.05 bits per heavy atom. The molecule has 0 aliphatic heterocycles. The number of para-hydroxylation sites is 2. The lowest BCUT2D eigenvalue weighted by Gasteiger charge is -2.26. The molecule has 1 aromatic heterocycles. The molecule has 1 aliphatic carbocycles. The zero-order valence-corrected chi connectivity index (χ0v) is 22.7. The summed E-state index contributed by atoms with van der Waals surface area (Å²) in [6, 6.07) is 13.1. The van der Waals surface area contributed by atoms with Crippen LogP contribution in [-0.2, 0) is 32.4 Å². The molecule has 3 aromatic rings. The van der Waals surface area contributed by atoms with Crippen molar-refractivity contribution < 1.29 is 27.5 Å². The van der Waals surface area contributed by atoms with Gasteiger partial charge in [0.25, 0.3) is 10.0 Å². The number of sulfonamides is 1. The first-order valence-electron chi connectivity index (χ1n) is 12.1. The number of nitrogens with one attached hydrogen (secondary N) is 1. The molecule has 4 rings (SSSR count). The van der Waals surface area contributed by atoms with Crippen LogP contribution < -0.4 is 14.4 Å². The molecular weight excluding hydrogens is 512 g/mol. The summed E-state index contributed by atoms with van der Waals surface area (Å²) in [6.45, 7) is 3.48. The Labute approximate surface area is 221 Å². The van der Waals surface area contributed by atoms with Gasteiger partial charge in [-0.2, -0.15) is 0 Å². The molecular formula is C27H30N2O6S2. The van der Waals surface area contributed by atoms with Gasteiger partial charge in [0.2, 0.25) is 5.91 Å². The number of aryl methyl sites for hydroxylation is 2. The molecule has 0 saturated heterocycles. The number of carbonyl (C=O) groups is 2. The molecule has 1 amide bonds. The van der Waals surface area contributed by atoms with Crippen LogP contribution in [-0.4, -0.2) is 40.6 Å². The highest BCUT2D eigenvalue weighted by Crippen LogP contribution is 2.39. The van der Waals surface area contributed by atoms with Gasteiger partial charge in [-0.05, 0) is 69.4 Å². The minimum atomic E-state index is -4.13. The van der Waals surface area contributed by atoms with E-state index >= 15 is 0 Å². The highest BCUT2D eigenvalue weighted by Gasteiger charge is 2.31.